The number of nitrogens with one attached hydrogen (secondary N) is 1. The van der Waals surface area contributed by atoms with Crippen molar-refractivity contribution < 1.29 is 9.53 Å². The molecule has 2 aromatic carbocycles. The van der Waals surface area contributed by atoms with Crippen LogP contribution in [0.25, 0.3) is 0 Å². The predicted octanol–water partition coefficient (Wildman–Crippen LogP) is 4.43. The van der Waals surface area contributed by atoms with E-state index in [2.05, 4.69) is 10.3 Å². The third-order valence-corrected chi connectivity index (χ3v) is 3.39. The van der Waals surface area contributed by atoms with Crippen LogP contribution in [0, 0.1) is 6.92 Å². The van der Waals surface area contributed by atoms with Gasteiger partial charge in [-0.3, -0.25) is 9.78 Å². The Labute approximate surface area is 134 Å². The lowest BCUT2D eigenvalue weighted by Gasteiger charge is -2.12. The number of rotatable bonds is 4. The molecule has 0 radical (unpaired) electrons. The summed E-state index contributed by atoms with van der Waals surface area (Å²) in [4.78, 5) is 16.6. The van der Waals surface area contributed by atoms with Crippen LogP contribution in [-0.4, -0.2) is 10.9 Å². The zero-order chi connectivity index (χ0) is 16.1. The van der Waals surface area contributed by atoms with E-state index in [4.69, 9.17) is 4.74 Å². The summed E-state index contributed by atoms with van der Waals surface area (Å²) >= 11 is 0. The second kappa shape index (κ2) is 6.75. The smallest absolute Gasteiger partial charge is 0.259 e. The third kappa shape index (κ3) is 3.55. The fourth-order valence-electron chi connectivity index (χ4n) is 2.14. The number of aryl methyl sites for hydroxylation is 1. The maximum atomic E-state index is 12.6. The number of pyridine rings is 1. The molecule has 0 fully saturated rings. The number of anilines is 1. The van der Waals surface area contributed by atoms with Crippen molar-refractivity contribution in [1.29, 1.82) is 0 Å². The molecule has 1 heterocycles. The van der Waals surface area contributed by atoms with Gasteiger partial charge in [0.15, 0.2) is 0 Å². The number of para-hydroxylation sites is 2. The normalized spacial score (nSPS) is 10.1. The summed E-state index contributed by atoms with van der Waals surface area (Å²) in [7, 11) is 0. The minimum Gasteiger partial charge on any atom is -0.457 e. The van der Waals surface area contributed by atoms with Gasteiger partial charge in [-0.25, -0.2) is 0 Å². The molecule has 3 rings (SSSR count). The van der Waals surface area contributed by atoms with Gasteiger partial charge in [0.2, 0.25) is 0 Å². The van der Waals surface area contributed by atoms with Crippen molar-refractivity contribution in [1.82, 2.24) is 4.98 Å². The monoisotopic (exact) mass is 304 g/mol. The first-order valence-corrected chi connectivity index (χ1v) is 7.28. The number of benzene rings is 2. The highest BCUT2D eigenvalue weighted by molar-refractivity contribution is 6.06. The molecule has 0 bridgehead atoms. The van der Waals surface area contributed by atoms with Gasteiger partial charge in [0.25, 0.3) is 5.91 Å². The molecule has 1 N–H and O–H groups in total. The highest BCUT2D eigenvalue weighted by Crippen LogP contribution is 2.26. The fourth-order valence-corrected chi connectivity index (χ4v) is 2.14. The molecule has 4 nitrogen and oxygen atoms in total. The van der Waals surface area contributed by atoms with E-state index in [0.717, 1.165) is 5.56 Å². The summed E-state index contributed by atoms with van der Waals surface area (Å²) < 4.78 is 5.82. The molecule has 0 saturated carbocycles. The van der Waals surface area contributed by atoms with Gasteiger partial charge in [-0.1, -0.05) is 30.3 Å². The average Bonchev–Trinajstić information content (AvgIpc) is 2.58. The molecule has 114 valence electrons. The van der Waals surface area contributed by atoms with E-state index in [9.17, 15) is 4.79 Å². The highest BCUT2D eigenvalue weighted by atomic mass is 16.5. The van der Waals surface area contributed by atoms with Crippen LogP contribution in [0.15, 0.2) is 73.1 Å². The molecule has 0 atom stereocenters. The summed E-state index contributed by atoms with van der Waals surface area (Å²) in [6.07, 6.45) is 3.32. The summed E-state index contributed by atoms with van der Waals surface area (Å²) in [5, 5.41) is 2.87. The average molecular weight is 304 g/mol. The second-order valence-corrected chi connectivity index (χ2v) is 5.06. The quantitative estimate of drug-likeness (QED) is 0.775. The first kappa shape index (κ1) is 14.8. The third-order valence-electron chi connectivity index (χ3n) is 3.39. The van der Waals surface area contributed by atoms with Crippen LogP contribution >= 0.6 is 0 Å². The fraction of sp³-hybridized carbons (Fsp3) is 0.0526. The van der Waals surface area contributed by atoms with Gasteiger partial charge in [-0.15, -0.1) is 0 Å². The standard InChI is InChI=1S/C19H16N2O2/c1-14-11-12-20-13-17(14)21-19(22)16-9-5-6-10-18(16)23-15-7-3-2-4-8-15/h2-13H,1H3,(H,21,22). The second-order valence-electron chi connectivity index (χ2n) is 5.06. The number of hydrogen-bond donors (Lipinski definition) is 1. The van der Waals surface area contributed by atoms with Gasteiger partial charge in [0.1, 0.15) is 11.5 Å². The van der Waals surface area contributed by atoms with Crippen LogP contribution in [0.3, 0.4) is 0 Å². The molecule has 0 aliphatic carbocycles. The van der Waals surface area contributed by atoms with Crippen LogP contribution in [-0.2, 0) is 0 Å². The van der Waals surface area contributed by atoms with E-state index in [0.29, 0.717) is 22.7 Å². The maximum Gasteiger partial charge on any atom is 0.259 e. The van der Waals surface area contributed by atoms with Crippen molar-refractivity contribution >= 4 is 11.6 Å². The Morgan fingerprint density at radius 3 is 2.52 bits per heavy atom. The Kier molecular flexibility index (Phi) is 4.34. The molecule has 0 aliphatic heterocycles. The Hall–Kier alpha value is -3.14. The lowest BCUT2D eigenvalue weighted by molar-refractivity contribution is 0.102. The number of aromatic nitrogens is 1. The SMILES string of the molecule is Cc1ccncc1NC(=O)c1ccccc1Oc1ccccc1. The largest absolute Gasteiger partial charge is 0.457 e. The van der Waals surface area contributed by atoms with Crippen molar-refractivity contribution in [3.05, 3.63) is 84.2 Å². The van der Waals surface area contributed by atoms with Crippen molar-refractivity contribution in [2.75, 3.05) is 5.32 Å². The Morgan fingerprint density at radius 1 is 1.00 bits per heavy atom. The van der Waals surface area contributed by atoms with Gasteiger partial charge in [-0.2, -0.15) is 0 Å². The number of amides is 1. The van der Waals surface area contributed by atoms with E-state index >= 15 is 0 Å². The van der Waals surface area contributed by atoms with Crippen molar-refractivity contribution in [2.45, 2.75) is 6.92 Å². The van der Waals surface area contributed by atoms with Crippen molar-refractivity contribution in [3.8, 4) is 11.5 Å². The van der Waals surface area contributed by atoms with E-state index in [1.807, 2.05) is 55.5 Å². The topological polar surface area (TPSA) is 51.2 Å². The lowest BCUT2D eigenvalue weighted by Crippen LogP contribution is -2.14. The van der Waals surface area contributed by atoms with Crippen LogP contribution in [0.1, 0.15) is 15.9 Å². The number of carbonyl (C=O) groups is 1. The Balaban J connectivity index is 1.85. The number of ether oxygens (including phenoxy) is 1. The van der Waals surface area contributed by atoms with E-state index in [1.165, 1.54) is 0 Å². The molecule has 0 saturated heterocycles. The van der Waals surface area contributed by atoms with Crippen LogP contribution in [0.5, 0.6) is 11.5 Å². The maximum absolute atomic E-state index is 12.6. The number of hydrogen-bond acceptors (Lipinski definition) is 3. The highest BCUT2D eigenvalue weighted by Gasteiger charge is 2.13. The Morgan fingerprint density at radius 2 is 1.74 bits per heavy atom. The molecule has 0 aliphatic rings. The van der Waals surface area contributed by atoms with Gasteiger partial charge >= 0.3 is 0 Å². The summed E-state index contributed by atoms with van der Waals surface area (Å²) in [5.41, 5.74) is 2.11. The zero-order valence-electron chi connectivity index (χ0n) is 12.7. The molecule has 0 spiro atoms. The first-order valence-electron chi connectivity index (χ1n) is 7.28. The van der Waals surface area contributed by atoms with E-state index in [-0.39, 0.29) is 5.91 Å². The van der Waals surface area contributed by atoms with Crippen LogP contribution < -0.4 is 10.1 Å². The van der Waals surface area contributed by atoms with Crippen molar-refractivity contribution in [3.63, 3.8) is 0 Å². The van der Waals surface area contributed by atoms with E-state index < -0.39 is 0 Å². The molecule has 1 aromatic heterocycles. The molecular weight excluding hydrogens is 288 g/mol. The zero-order valence-corrected chi connectivity index (χ0v) is 12.7. The van der Waals surface area contributed by atoms with E-state index in [1.54, 1.807) is 24.5 Å². The molecule has 23 heavy (non-hydrogen) atoms. The van der Waals surface area contributed by atoms with Gasteiger partial charge in [-0.05, 0) is 42.8 Å². The van der Waals surface area contributed by atoms with Crippen molar-refractivity contribution in [2.24, 2.45) is 0 Å². The summed E-state index contributed by atoms with van der Waals surface area (Å²) in [5.74, 6) is 0.968. The Bertz CT molecular complexity index is 816. The first-order chi connectivity index (χ1) is 11.2. The molecule has 0 unspecified atom stereocenters. The summed E-state index contributed by atoms with van der Waals surface area (Å²) in [6, 6.07) is 18.4. The van der Waals surface area contributed by atoms with Crippen LogP contribution in [0.4, 0.5) is 5.69 Å². The van der Waals surface area contributed by atoms with Gasteiger partial charge in [0.05, 0.1) is 17.4 Å². The van der Waals surface area contributed by atoms with Gasteiger partial charge in [0, 0.05) is 6.20 Å². The lowest BCUT2D eigenvalue weighted by atomic mass is 10.1. The minimum atomic E-state index is -0.229. The molecule has 1 amide bonds. The predicted molar refractivity (Wildman–Crippen MR) is 89.9 cm³/mol. The van der Waals surface area contributed by atoms with Crippen LogP contribution in [0.2, 0.25) is 0 Å². The molecule has 3 aromatic rings. The summed E-state index contributed by atoms with van der Waals surface area (Å²) in [6.45, 7) is 1.92. The minimum absolute atomic E-state index is 0.229. The van der Waals surface area contributed by atoms with Gasteiger partial charge < -0.3 is 10.1 Å². The number of carbonyl (C=O) groups excluding carboxylic acids is 1. The molecular formula is C19H16N2O2. The number of nitrogens with zero attached hydrogens (tertiary/aromatic N) is 1. The molecule has 4 heteroatoms.